The summed E-state index contributed by atoms with van der Waals surface area (Å²) < 4.78 is 26.0. The monoisotopic (exact) mass is 638 g/mol. The molecule has 2 heterocycles. The van der Waals surface area contributed by atoms with E-state index in [1.807, 2.05) is 24.3 Å². The van der Waals surface area contributed by atoms with Crippen molar-refractivity contribution in [3.05, 3.63) is 83.6 Å². The van der Waals surface area contributed by atoms with Gasteiger partial charge in [0.1, 0.15) is 17.4 Å². The molecule has 1 unspecified atom stereocenters. The fourth-order valence-electron chi connectivity index (χ4n) is 5.64. The average Bonchev–Trinajstić information content (AvgIpc) is 3.34. The Morgan fingerprint density at radius 2 is 1.74 bits per heavy atom. The Morgan fingerprint density at radius 1 is 1.04 bits per heavy atom. The molecule has 1 aliphatic rings. The number of carbonyl (C=O) groups excluding carboxylic acids is 3. The van der Waals surface area contributed by atoms with Crippen molar-refractivity contribution in [2.24, 2.45) is 11.7 Å². The number of nitrogens with two attached hydrogens (primary N) is 1. The van der Waals surface area contributed by atoms with Crippen LogP contribution in [-0.4, -0.2) is 67.1 Å². The third kappa shape index (κ3) is 5.67. The Morgan fingerprint density at radius 3 is 2.39 bits per heavy atom. The zero-order chi connectivity index (χ0) is 33.4. The fraction of sp³-hybridized carbons (Fsp3) is 0.250. The van der Waals surface area contributed by atoms with Crippen molar-refractivity contribution in [3.8, 4) is 17.8 Å². The summed E-state index contributed by atoms with van der Waals surface area (Å²) in [5, 5.41) is 27.9. The van der Waals surface area contributed by atoms with Crippen LogP contribution in [0, 0.1) is 28.6 Å². The number of aromatic nitrogens is 2. The quantitative estimate of drug-likeness (QED) is 0.289. The number of hydrogen-bond donors (Lipinski definition) is 2. The Hall–Kier alpha value is -5.57. The number of hydrogen-bond acceptors (Lipinski definition) is 9. The SMILES string of the molecule is CNC(C)(C(N)=O)[C@@H]1CN(C(=O)CS(C)(=O)=O)c2ccc(C#N)cc2N(Cc2nn(-c3ccccc3C#N)c3ccccc23)C1=O. The molecule has 3 aromatic carbocycles. The molecule has 5 rings (SSSR count). The number of nitrogens with zero attached hydrogens (tertiary/aromatic N) is 6. The van der Waals surface area contributed by atoms with Crippen LogP contribution in [0.4, 0.5) is 11.4 Å². The third-order valence-electron chi connectivity index (χ3n) is 8.25. The van der Waals surface area contributed by atoms with Crippen molar-refractivity contribution in [1.82, 2.24) is 15.1 Å². The smallest absolute Gasteiger partial charge is 0.242 e. The van der Waals surface area contributed by atoms with Gasteiger partial charge in [0.2, 0.25) is 17.7 Å². The van der Waals surface area contributed by atoms with E-state index >= 15 is 0 Å². The summed E-state index contributed by atoms with van der Waals surface area (Å²) in [5.74, 6) is -4.44. The van der Waals surface area contributed by atoms with E-state index in [0.717, 1.165) is 11.2 Å². The van der Waals surface area contributed by atoms with E-state index in [0.29, 0.717) is 27.8 Å². The van der Waals surface area contributed by atoms with Gasteiger partial charge in [-0.1, -0.05) is 30.3 Å². The summed E-state index contributed by atoms with van der Waals surface area (Å²) in [4.78, 5) is 43.5. The number of amides is 3. The van der Waals surface area contributed by atoms with Crippen LogP contribution in [0.1, 0.15) is 23.7 Å². The highest BCUT2D eigenvalue weighted by molar-refractivity contribution is 7.91. The Balaban J connectivity index is 1.75. The van der Waals surface area contributed by atoms with Crippen molar-refractivity contribution in [1.29, 1.82) is 10.5 Å². The van der Waals surface area contributed by atoms with Gasteiger partial charge in [-0.25, -0.2) is 13.1 Å². The second-order valence-electron chi connectivity index (χ2n) is 11.2. The van der Waals surface area contributed by atoms with Gasteiger partial charge in [0.25, 0.3) is 0 Å². The maximum atomic E-state index is 14.7. The molecule has 3 amide bonds. The molecule has 46 heavy (non-hydrogen) atoms. The van der Waals surface area contributed by atoms with Crippen molar-refractivity contribution in [2.45, 2.75) is 19.0 Å². The number of anilines is 2. The van der Waals surface area contributed by atoms with Gasteiger partial charge >= 0.3 is 0 Å². The van der Waals surface area contributed by atoms with Crippen LogP contribution in [0.25, 0.3) is 16.6 Å². The molecule has 0 aliphatic carbocycles. The number of nitriles is 2. The summed E-state index contributed by atoms with van der Waals surface area (Å²) in [7, 11) is -2.33. The molecule has 1 aliphatic heterocycles. The van der Waals surface area contributed by atoms with Gasteiger partial charge in [0.05, 0.1) is 57.9 Å². The lowest BCUT2D eigenvalue weighted by molar-refractivity contribution is -0.133. The van der Waals surface area contributed by atoms with E-state index in [-0.39, 0.29) is 30.0 Å². The number of nitrogens with one attached hydrogen (secondary N) is 1. The molecule has 3 N–H and O–H groups in total. The van der Waals surface area contributed by atoms with Crippen LogP contribution in [-0.2, 0) is 30.8 Å². The average molecular weight is 639 g/mol. The van der Waals surface area contributed by atoms with Gasteiger partial charge < -0.3 is 20.9 Å². The van der Waals surface area contributed by atoms with Gasteiger partial charge in [-0.15, -0.1) is 0 Å². The van der Waals surface area contributed by atoms with Gasteiger partial charge in [-0.05, 0) is 50.4 Å². The lowest BCUT2D eigenvalue weighted by Gasteiger charge is -2.36. The number of likely N-dealkylation sites (N-methyl/N-ethyl adjacent to an activating group) is 1. The highest BCUT2D eigenvalue weighted by Gasteiger charge is 2.49. The summed E-state index contributed by atoms with van der Waals surface area (Å²) in [6.07, 6.45) is 0.921. The van der Waals surface area contributed by atoms with Crippen LogP contribution in [0.5, 0.6) is 0 Å². The predicted octanol–water partition coefficient (Wildman–Crippen LogP) is 1.77. The molecule has 0 radical (unpaired) electrons. The molecule has 234 valence electrons. The summed E-state index contributed by atoms with van der Waals surface area (Å²) in [6, 6.07) is 22.8. The van der Waals surface area contributed by atoms with E-state index in [2.05, 4.69) is 11.4 Å². The lowest BCUT2D eigenvalue weighted by atomic mass is 9.83. The number of primary amides is 1. The molecule has 0 bridgehead atoms. The third-order valence-corrected chi connectivity index (χ3v) is 9.03. The van der Waals surface area contributed by atoms with E-state index in [4.69, 9.17) is 10.8 Å². The Bertz CT molecular complexity index is 2100. The molecule has 0 saturated heterocycles. The van der Waals surface area contributed by atoms with Crippen molar-refractivity contribution in [2.75, 3.05) is 35.4 Å². The highest BCUT2D eigenvalue weighted by Crippen LogP contribution is 2.39. The second kappa shape index (κ2) is 12.1. The fourth-order valence-corrected chi connectivity index (χ4v) is 6.24. The molecular formula is C32H30N8O5S. The zero-order valence-electron chi connectivity index (χ0n) is 25.3. The number of fused-ring (bicyclic) bond motifs is 2. The minimum absolute atomic E-state index is 0.146. The molecule has 2 atom stereocenters. The lowest BCUT2D eigenvalue weighted by Crippen LogP contribution is -2.63. The molecule has 0 spiro atoms. The van der Waals surface area contributed by atoms with Gasteiger partial charge in [-0.2, -0.15) is 15.6 Å². The second-order valence-corrected chi connectivity index (χ2v) is 13.3. The van der Waals surface area contributed by atoms with Crippen molar-refractivity contribution >= 4 is 49.8 Å². The van der Waals surface area contributed by atoms with E-state index in [1.54, 1.807) is 35.0 Å². The van der Waals surface area contributed by atoms with Crippen LogP contribution in [0.2, 0.25) is 0 Å². The molecule has 13 nitrogen and oxygen atoms in total. The van der Waals surface area contributed by atoms with E-state index in [1.165, 1.54) is 37.1 Å². The standard InChI is InChI=1S/C32H30N8O5S/c1-32(36-2,31(35)43)23-17-38(29(41)19-46(3,44)45)27-13-12-20(15-33)14-28(27)39(30(23)42)18-24-22-9-5-7-11-26(22)40(37-24)25-10-6-4-8-21(25)16-34/h4-14,23,36H,17-19H2,1-3H3,(H2,35,43)/t23-,32?/m1/s1. The number of sulfone groups is 1. The minimum Gasteiger partial charge on any atom is -0.368 e. The topological polar surface area (TPSA) is 195 Å². The molecule has 1 aromatic heterocycles. The highest BCUT2D eigenvalue weighted by atomic mass is 32.2. The minimum atomic E-state index is -3.79. The van der Waals surface area contributed by atoms with Crippen LogP contribution in [0.3, 0.4) is 0 Å². The normalized spacial score (nSPS) is 16.2. The van der Waals surface area contributed by atoms with E-state index in [9.17, 15) is 33.3 Å². The van der Waals surface area contributed by atoms with Gasteiger partial charge in [0, 0.05) is 18.2 Å². The predicted molar refractivity (Wildman–Crippen MR) is 170 cm³/mol. The first-order chi connectivity index (χ1) is 21.8. The first kappa shape index (κ1) is 31.8. The van der Waals surface area contributed by atoms with Crippen molar-refractivity contribution in [3.63, 3.8) is 0 Å². The van der Waals surface area contributed by atoms with Gasteiger partial charge in [-0.3, -0.25) is 14.4 Å². The first-order valence-corrected chi connectivity index (χ1v) is 16.2. The molecule has 14 heteroatoms. The zero-order valence-corrected chi connectivity index (χ0v) is 26.1. The summed E-state index contributed by atoms with van der Waals surface area (Å²) in [6.45, 7) is 0.884. The maximum absolute atomic E-state index is 14.7. The Labute approximate surface area is 265 Å². The maximum Gasteiger partial charge on any atom is 0.242 e. The summed E-state index contributed by atoms with van der Waals surface area (Å²) in [5.41, 5.74) is 6.61. The van der Waals surface area contributed by atoms with Crippen LogP contribution < -0.4 is 20.9 Å². The first-order valence-electron chi connectivity index (χ1n) is 14.1. The number of benzene rings is 3. The molecule has 0 saturated carbocycles. The van der Waals surface area contributed by atoms with Crippen LogP contribution in [0.15, 0.2) is 66.7 Å². The number of para-hydroxylation sites is 2. The Kier molecular flexibility index (Phi) is 8.36. The van der Waals surface area contributed by atoms with Crippen molar-refractivity contribution < 1.29 is 22.8 Å². The van der Waals surface area contributed by atoms with Gasteiger partial charge in [0.15, 0.2) is 9.84 Å². The molecule has 4 aromatic rings. The molecule has 0 fully saturated rings. The van der Waals surface area contributed by atoms with E-state index < -0.39 is 44.8 Å². The summed E-state index contributed by atoms with van der Waals surface area (Å²) >= 11 is 0. The number of rotatable bonds is 8. The number of carbonyl (C=O) groups is 3. The molecular weight excluding hydrogens is 608 g/mol. The largest absolute Gasteiger partial charge is 0.368 e. The van der Waals surface area contributed by atoms with Crippen LogP contribution >= 0.6 is 0 Å².